The molecule has 1 aromatic rings. The monoisotopic (exact) mass is 453 g/mol. The number of aromatic nitrogens is 2. The first kappa shape index (κ1) is 23.0. The van der Waals surface area contributed by atoms with E-state index in [2.05, 4.69) is 10.00 Å². The number of aryl methyl sites for hydroxylation is 1. The number of carbonyl (C=O) groups is 1. The molecule has 2 aliphatic heterocycles. The van der Waals surface area contributed by atoms with Gasteiger partial charge >= 0.3 is 12.1 Å². The summed E-state index contributed by atoms with van der Waals surface area (Å²) in [5.74, 6) is -1.54. The molecule has 1 spiro atoms. The molecule has 3 aliphatic rings. The van der Waals surface area contributed by atoms with Crippen molar-refractivity contribution in [1.82, 2.24) is 14.7 Å². The summed E-state index contributed by atoms with van der Waals surface area (Å²) in [4.78, 5) is 11.1. The molecule has 4 rings (SSSR count). The number of alkyl halides is 3. The predicted octanol–water partition coefficient (Wildman–Crippen LogP) is 1.47. The summed E-state index contributed by atoms with van der Waals surface area (Å²) < 4.78 is 64.0. The maximum Gasteiger partial charge on any atom is 0.490 e. The average Bonchev–Trinajstić information content (AvgIpc) is 3.27. The van der Waals surface area contributed by atoms with E-state index in [4.69, 9.17) is 14.6 Å². The first-order valence-corrected chi connectivity index (χ1v) is 11.4. The number of nitrogens with zero attached hydrogens (tertiary/aromatic N) is 3. The lowest BCUT2D eigenvalue weighted by atomic mass is 9.83. The van der Waals surface area contributed by atoms with Gasteiger partial charge in [0.1, 0.15) is 4.75 Å². The van der Waals surface area contributed by atoms with Crippen LogP contribution in [0.25, 0.3) is 0 Å². The Bertz CT molecular complexity index is 861. The normalized spacial score (nSPS) is 24.9. The zero-order valence-corrected chi connectivity index (χ0v) is 17.5. The van der Waals surface area contributed by atoms with Crippen molar-refractivity contribution >= 4 is 15.8 Å². The van der Waals surface area contributed by atoms with Gasteiger partial charge in [0.25, 0.3) is 0 Å². The number of ether oxygens (including phenoxy) is 1. The van der Waals surface area contributed by atoms with E-state index in [1.165, 1.54) is 12.8 Å². The van der Waals surface area contributed by atoms with Crippen LogP contribution in [-0.2, 0) is 33.0 Å². The second-order valence-electron chi connectivity index (χ2n) is 8.32. The van der Waals surface area contributed by atoms with E-state index in [1.54, 1.807) is 4.68 Å². The van der Waals surface area contributed by atoms with Gasteiger partial charge in [-0.2, -0.15) is 18.3 Å². The fourth-order valence-electron chi connectivity index (χ4n) is 4.00. The fourth-order valence-corrected chi connectivity index (χ4v) is 6.46. The predicted molar refractivity (Wildman–Crippen MR) is 100 cm³/mol. The van der Waals surface area contributed by atoms with E-state index >= 15 is 0 Å². The van der Waals surface area contributed by atoms with E-state index in [-0.39, 0.29) is 5.92 Å². The Labute approximate surface area is 172 Å². The molecule has 12 heteroatoms. The van der Waals surface area contributed by atoms with Crippen LogP contribution in [0.1, 0.15) is 24.8 Å². The van der Waals surface area contributed by atoms with Crippen molar-refractivity contribution in [3.63, 3.8) is 0 Å². The van der Waals surface area contributed by atoms with Crippen LogP contribution in [-0.4, -0.2) is 77.2 Å². The number of likely N-dealkylation sites (tertiary alicyclic amines) is 1. The lowest BCUT2D eigenvalue weighted by Crippen LogP contribution is -2.67. The summed E-state index contributed by atoms with van der Waals surface area (Å²) in [5.41, 5.74) is 1.14. The number of hydrogen-bond donors (Lipinski definition) is 1. The number of halogens is 3. The summed E-state index contributed by atoms with van der Waals surface area (Å²) in [6.07, 6.45) is 2.06. The maximum atomic E-state index is 12.6. The van der Waals surface area contributed by atoms with Gasteiger partial charge in [-0.05, 0) is 25.2 Å². The third kappa shape index (κ3) is 5.14. The Morgan fingerprint density at radius 2 is 1.93 bits per heavy atom. The fraction of sp³-hybridized carbons (Fsp3) is 0.778. The molecule has 1 saturated carbocycles. The van der Waals surface area contributed by atoms with Gasteiger partial charge in [0, 0.05) is 51.0 Å². The van der Waals surface area contributed by atoms with Gasteiger partial charge in [-0.25, -0.2) is 13.2 Å². The van der Waals surface area contributed by atoms with Crippen LogP contribution < -0.4 is 0 Å². The minimum Gasteiger partial charge on any atom is -0.475 e. The van der Waals surface area contributed by atoms with Crippen LogP contribution in [0, 0.1) is 11.8 Å². The van der Waals surface area contributed by atoms with Crippen molar-refractivity contribution < 1.29 is 36.2 Å². The van der Waals surface area contributed by atoms with Crippen LogP contribution in [0.2, 0.25) is 0 Å². The Hall–Kier alpha value is -1.66. The highest BCUT2D eigenvalue weighted by Crippen LogP contribution is 2.45. The second kappa shape index (κ2) is 8.46. The number of sulfone groups is 1. The molecule has 0 bridgehead atoms. The van der Waals surface area contributed by atoms with Crippen LogP contribution in [0.5, 0.6) is 0 Å². The summed E-state index contributed by atoms with van der Waals surface area (Å²) in [5, 5.41) is 11.3. The number of hydrogen-bond acceptors (Lipinski definition) is 6. The molecule has 1 atom stereocenters. The molecule has 170 valence electrons. The summed E-state index contributed by atoms with van der Waals surface area (Å²) in [6, 6.07) is 0. The Kier molecular flexibility index (Phi) is 6.49. The Morgan fingerprint density at radius 3 is 2.43 bits per heavy atom. The van der Waals surface area contributed by atoms with Gasteiger partial charge in [0.2, 0.25) is 0 Å². The Morgan fingerprint density at radius 1 is 1.30 bits per heavy atom. The number of carboxylic acid groups (broad SMARTS) is 1. The topological polar surface area (TPSA) is 102 Å². The van der Waals surface area contributed by atoms with Crippen LogP contribution in [0.3, 0.4) is 0 Å². The second-order valence-corrected chi connectivity index (χ2v) is 10.8. The smallest absolute Gasteiger partial charge is 0.475 e. The van der Waals surface area contributed by atoms with E-state index in [1.807, 2.05) is 19.4 Å². The highest BCUT2D eigenvalue weighted by molar-refractivity contribution is 7.93. The highest BCUT2D eigenvalue weighted by atomic mass is 32.2. The molecule has 0 amide bonds. The van der Waals surface area contributed by atoms with Gasteiger partial charge in [0.15, 0.2) is 9.84 Å². The van der Waals surface area contributed by atoms with Gasteiger partial charge in [-0.15, -0.1) is 0 Å². The molecular formula is C18H26F3N3O5S. The number of carboxylic acids is 1. The quantitative estimate of drug-likeness (QED) is 0.696. The van der Waals surface area contributed by atoms with E-state index in [9.17, 15) is 21.6 Å². The van der Waals surface area contributed by atoms with Crippen LogP contribution in [0.4, 0.5) is 13.2 Å². The van der Waals surface area contributed by atoms with Gasteiger partial charge < -0.3 is 9.84 Å². The van der Waals surface area contributed by atoms with Crippen molar-refractivity contribution in [3.05, 3.63) is 18.0 Å². The average molecular weight is 453 g/mol. The molecular weight excluding hydrogens is 427 g/mol. The minimum absolute atomic E-state index is 0.163. The summed E-state index contributed by atoms with van der Waals surface area (Å²) >= 11 is 0. The summed E-state index contributed by atoms with van der Waals surface area (Å²) in [6.45, 7) is 3.48. The molecule has 1 aromatic heterocycles. The Balaban J connectivity index is 0.000000318. The van der Waals surface area contributed by atoms with Gasteiger partial charge in [-0.3, -0.25) is 9.58 Å². The van der Waals surface area contributed by atoms with Crippen LogP contribution >= 0.6 is 0 Å². The van der Waals surface area contributed by atoms with Crippen molar-refractivity contribution in [1.29, 1.82) is 0 Å². The largest absolute Gasteiger partial charge is 0.490 e. The molecule has 1 unspecified atom stereocenters. The van der Waals surface area contributed by atoms with Gasteiger partial charge in [-0.1, -0.05) is 0 Å². The maximum absolute atomic E-state index is 12.6. The standard InChI is InChI=1S/C16H25N3O3S.C2HF3O2/c1-18-7-14(6-17-18)8-19-11-16(12-19)15(4-5-23(16,20)21)10-22-9-13-2-3-13;3-2(4,5)1(6)7/h6-7,13,15H,2-5,8-12H2,1H3;(H,6,7). The van der Waals surface area contributed by atoms with Crippen molar-refractivity contribution in [2.75, 3.05) is 32.1 Å². The molecule has 0 aromatic carbocycles. The minimum atomic E-state index is -5.08. The van der Waals surface area contributed by atoms with Crippen LogP contribution in [0.15, 0.2) is 12.4 Å². The van der Waals surface area contributed by atoms with Gasteiger partial charge in [0.05, 0.1) is 18.6 Å². The molecule has 3 heterocycles. The van der Waals surface area contributed by atoms with E-state index < -0.39 is 26.7 Å². The molecule has 2 saturated heterocycles. The number of aliphatic carboxylic acids is 1. The van der Waals surface area contributed by atoms with Crippen molar-refractivity contribution in [3.8, 4) is 0 Å². The molecule has 0 radical (unpaired) electrons. The summed E-state index contributed by atoms with van der Waals surface area (Å²) in [7, 11) is -1.10. The van der Waals surface area contributed by atoms with Crippen molar-refractivity contribution in [2.45, 2.75) is 36.7 Å². The third-order valence-corrected chi connectivity index (χ3v) is 8.46. The third-order valence-electron chi connectivity index (χ3n) is 5.86. The molecule has 1 N–H and O–H groups in total. The lowest BCUT2D eigenvalue weighted by Gasteiger charge is -2.50. The molecule has 30 heavy (non-hydrogen) atoms. The van der Waals surface area contributed by atoms with E-state index in [0.29, 0.717) is 25.4 Å². The highest BCUT2D eigenvalue weighted by Gasteiger charge is 2.61. The zero-order chi connectivity index (χ0) is 22.2. The van der Waals surface area contributed by atoms with Crippen molar-refractivity contribution in [2.24, 2.45) is 18.9 Å². The lowest BCUT2D eigenvalue weighted by molar-refractivity contribution is -0.192. The molecule has 1 aliphatic carbocycles. The van der Waals surface area contributed by atoms with E-state index in [0.717, 1.165) is 31.1 Å². The SMILES string of the molecule is Cn1cc(CN2CC3(C2)C(COCC2CC2)CCS3(=O)=O)cn1.O=C(O)C(F)(F)F. The molecule has 8 nitrogen and oxygen atoms in total. The first-order chi connectivity index (χ1) is 13.9. The molecule has 3 fully saturated rings. The zero-order valence-electron chi connectivity index (χ0n) is 16.6. The number of rotatable bonds is 6. The first-order valence-electron chi connectivity index (χ1n) is 9.73.